The van der Waals surface area contributed by atoms with Crippen molar-refractivity contribution in [1.29, 1.82) is 0 Å². The summed E-state index contributed by atoms with van der Waals surface area (Å²) in [6, 6.07) is 12.9. The van der Waals surface area contributed by atoms with E-state index in [1.807, 2.05) is 6.92 Å². The Morgan fingerprint density at radius 3 is 2.68 bits per heavy atom. The largest absolute Gasteiger partial charge is 0.490 e. The number of nitrogens with zero attached hydrogens (tertiary/aromatic N) is 1. The molecule has 6 nitrogen and oxygen atoms in total. The van der Waals surface area contributed by atoms with Gasteiger partial charge in [-0.15, -0.1) is 0 Å². The van der Waals surface area contributed by atoms with E-state index in [0.29, 0.717) is 33.9 Å². The summed E-state index contributed by atoms with van der Waals surface area (Å²) in [4.78, 5) is 16.4. The van der Waals surface area contributed by atoms with Gasteiger partial charge < -0.3 is 18.6 Å². The number of hydrogen-bond donors (Lipinski definition) is 0. The van der Waals surface area contributed by atoms with Gasteiger partial charge in [0.25, 0.3) is 5.90 Å². The molecule has 0 bridgehead atoms. The highest BCUT2D eigenvalue weighted by Crippen LogP contribution is 2.38. The number of halogens is 2. The molecule has 31 heavy (non-hydrogen) atoms. The van der Waals surface area contributed by atoms with Crippen LogP contribution in [0, 0.1) is 5.82 Å². The lowest BCUT2D eigenvalue weighted by molar-refractivity contribution is -0.130. The van der Waals surface area contributed by atoms with E-state index in [0.717, 1.165) is 5.56 Å². The Morgan fingerprint density at radius 2 is 1.97 bits per heavy atom. The SMILES string of the molecule is CCOc1cc(/C=C2\N=C(c3ccco3)OC2=O)cc(Br)c1OCc1ccc(F)cc1. The lowest BCUT2D eigenvalue weighted by atomic mass is 10.1. The van der Waals surface area contributed by atoms with Crippen molar-refractivity contribution in [3.8, 4) is 11.5 Å². The third-order valence-electron chi connectivity index (χ3n) is 4.28. The van der Waals surface area contributed by atoms with Crippen LogP contribution < -0.4 is 9.47 Å². The van der Waals surface area contributed by atoms with E-state index in [4.69, 9.17) is 18.6 Å². The topological polar surface area (TPSA) is 70.3 Å². The van der Waals surface area contributed by atoms with Gasteiger partial charge >= 0.3 is 5.97 Å². The second kappa shape index (κ2) is 9.18. The Hall–Kier alpha value is -3.39. The van der Waals surface area contributed by atoms with Crippen LogP contribution in [-0.4, -0.2) is 18.5 Å². The van der Waals surface area contributed by atoms with E-state index in [1.54, 1.807) is 42.5 Å². The summed E-state index contributed by atoms with van der Waals surface area (Å²) in [5.74, 6) is 0.606. The molecule has 1 aromatic heterocycles. The number of esters is 1. The first-order valence-corrected chi connectivity index (χ1v) is 10.2. The summed E-state index contributed by atoms with van der Waals surface area (Å²) in [5.41, 5.74) is 1.62. The summed E-state index contributed by atoms with van der Waals surface area (Å²) in [7, 11) is 0. The fraction of sp³-hybridized carbons (Fsp3) is 0.130. The van der Waals surface area contributed by atoms with Crippen molar-refractivity contribution < 1.29 is 27.8 Å². The summed E-state index contributed by atoms with van der Waals surface area (Å²) in [5, 5.41) is 0. The van der Waals surface area contributed by atoms with Crippen molar-refractivity contribution in [3.63, 3.8) is 0 Å². The highest BCUT2D eigenvalue weighted by Gasteiger charge is 2.26. The molecule has 0 spiro atoms. The van der Waals surface area contributed by atoms with Gasteiger partial charge in [-0.2, -0.15) is 0 Å². The van der Waals surface area contributed by atoms with E-state index >= 15 is 0 Å². The van der Waals surface area contributed by atoms with Crippen LogP contribution in [0.5, 0.6) is 11.5 Å². The first-order valence-electron chi connectivity index (χ1n) is 9.43. The molecule has 8 heteroatoms. The maximum absolute atomic E-state index is 13.1. The number of cyclic esters (lactones) is 1. The molecule has 0 unspecified atom stereocenters. The van der Waals surface area contributed by atoms with Crippen LogP contribution in [0.15, 0.2) is 74.4 Å². The first kappa shape index (κ1) is 20.9. The smallest absolute Gasteiger partial charge is 0.363 e. The number of ether oxygens (including phenoxy) is 3. The number of aliphatic imine (C=N–C) groups is 1. The van der Waals surface area contributed by atoms with Gasteiger partial charge in [0.1, 0.15) is 12.4 Å². The molecule has 1 aliphatic rings. The molecule has 3 aromatic rings. The fourth-order valence-electron chi connectivity index (χ4n) is 2.88. The van der Waals surface area contributed by atoms with Gasteiger partial charge in [0.15, 0.2) is 23.0 Å². The van der Waals surface area contributed by atoms with Crippen molar-refractivity contribution in [2.45, 2.75) is 13.5 Å². The van der Waals surface area contributed by atoms with E-state index in [2.05, 4.69) is 20.9 Å². The molecule has 158 valence electrons. The third-order valence-corrected chi connectivity index (χ3v) is 4.87. The van der Waals surface area contributed by atoms with Crippen molar-refractivity contribution in [2.75, 3.05) is 6.61 Å². The predicted octanol–water partition coefficient (Wildman–Crippen LogP) is 5.50. The van der Waals surface area contributed by atoms with Crippen LogP contribution in [0.25, 0.3) is 6.08 Å². The van der Waals surface area contributed by atoms with Gasteiger partial charge in [-0.1, -0.05) is 12.1 Å². The predicted molar refractivity (Wildman–Crippen MR) is 115 cm³/mol. The van der Waals surface area contributed by atoms with Gasteiger partial charge in [0, 0.05) is 0 Å². The van der Waals surface area contributed by atoms with E-state index in [-0.39, 0.29) is 24.0 Å². The van der Waals surface area contributed by atoms with Gasteiger partial charge in [-0.05, 0) is 76.5 Å². The molecule has 0 atom stereocenters. The monoisotopic (exact) mass is 485 g/mol. The van der Waals surface area contributed by atoms with Crippen LogP contribution in [0.4, 0.5) is 4.39 Å². The average molecular weight is 486 g/mol. The Morgan fingerprint density at radius 1 is 1.16 bits per heavy atom. The van der Waals surface area contributed by atoms with Gasteiger partial charge in [0.2, 0.25) is 0 Å². The highest BCUT2D eigenvalue weighted by molar-refractivity contribution is 9.10. The molecule has 2 aromatic carbocycles. The normalized spacial score (nSPS) is 14.5. The number of rotatable bonds is 7. The van der Waals surface area contributed by atoms with Crippen LogP contribution in [-0.2, 0) is 16.1 Å². The number of carbonyl (C=O) groups is 1. The molecular formula is C23H17BrFNO5. The van der Waals surface area contributed by atoms with Crippen LogP contribution in [0.1, 0.15) is 23.8 Å². The summed E-state index contributed by atoms with van der Waals surface area (Å²) < 4.78 is 35.8. The van der Waals surface area contributed by atoms with Crippen molar-refractivity contribution in [3.05, 3.63) is 87.7 Å². The molecule has 0 aliphatic carbocycles. The second-order valence-electron chi connectivity index (χ2n) is 6.49. The van der Waals surface area contributed by atoms with Gasteiger partial charge in [0.05, 0.1) is 17.3 Å². The molecule has 0 radical (unpaired) electrons. The maximum Gasteiger partial charge on any atom is 0.363 e. The lowest BCUT2D eigenvalue weighted by Gasteiger charge is -2.15. The summed E-state index contributed by atoms with van der Waals surface area (Å²) in [6.45, 7) is 2.52. The number of furan rings is 1. The van der Waals surface area contributed by atoms with Crippen molar-refractivity contribution in [1.82, 2.24) is 0 Å². The molecule has 4 rings (SSSR count). The quantitative estimate of drug-likeness (QED) is 0.326. The van der Waals surface area contributed by atoms with Crippen LogP contribution in [0.3, 0.4) is 0 Å². The van der Waals surface area contributed by atoms with Gasteiger partial charge in [-0.3, -0.25) is 0 Å². The molecule has 0 fully saturated rings. The van der Waals surface area contributed by atoms with Crippen LogP contribution in [0.2, 0.25) is 0 Å². The fourth-order valence-corrected chi connectivity index (χ4v) is 3.46. The van der Waals surface area contributed by atoms with Crippen molar-refractivity contribution in [2.24, 2.45) is 4.99 Å². The Bertz CT molecular complexity index is 1150. The Balaban J connectivity index is 1.60. The number of carbonyl (C=O) groups excluding carboxylic acids is 1. The second-order valence-corrected chi connectivity index (χ2v) is 7.35. The average Bonchev–Trinajstić information content (AvgIpc) is 3.39. The molecule has 2 heterocycles. The summed E-state index contributed by atoms with van der Waals surface area (Å²) in [6.07, 6.45) is 3.07. The minimum Gasteiger partial charge on any atom is -0.490 e. The molecule has 0 amide bonds. The van der Waals surface area contributed by atoms with Crippen molar-refractivity contribution >= 4 is 33.9 Å². The van der Waals surface area contributed by atoms with E-state index in [9.17, 15) is 9.18 Å². The van der Waals surface area contributed by atoms with Crippen LogP contribution >= 0.6 is 15.9 Å². The first-order chi connectivity index (χ1) is 15.0. The molecule has 0 N–H and O–H groups in total. The standard InChI is InChI=1S/C23H17BrFNO5/c1-2-28-20-12-15(11-18-23(27)31-22(26-18)19-4-3-9-29-19)10-17(24)21(20)30-13-14-5-7-16(25)8-6-14/h3-12H,2,13H2,1H3/b18-11-. The summed E-state index contributed by atoms with van der Waals surface area (Å²) >= 11 is 3.50. The molecule has 0 saturated carbocycles. The zero-order chi connectivity index (χ0) is 21.8. The van der Waals surface area contributed by atoms with E-state index < -0.39 is 5.97 Å². The molecule has 1 aliphatic heterocycles. The maximum atomic E-state index is 13.1. The Kier molecular flexibility index (Phi) is 6.18. The molecular weight excluding hydrogens is 469 g/mol. The minimum atomic E-state index is -0.572. The minimum absolute atomic E-state index is 0.115. The zero-order valence-corrected chi connectivity index (χ0v) is 18.0. The zero-order valence-electron chi connectivity index (χ0n) is 16.4. The lowest BCUT2D eigenvalue weighted by Crippen LogP contribution is -2.04. The number of hydrogen-bond acceptors (Lipinski definition) is 6. The number of benzene rings is 2. The highest BCUT2D eigenvalue weighted by atomic mass is 79.9. The third kappa shape index (κ3) is 4.86. The molecule has 0 saturated heterocycles. The van der Waals surface area contributed by atoms with Gasteiger partial charge in [-0.25, -0.2) is 14.2 Å². The Labute approximate surface area is 186 Å². The van der Waals surface area contributed by atoms with E-state index in [1.165, 1.54) is 18.4 Å².